The van der Waals surface area contributed by atoms with Crippen molar-refractivity contribution < 1.29 is 0 Å². The molecule has 272 valence electrons. The van der Waals surface area contributed by atoms with Crippen LogP contribution in [0.3, 0.4) is 0 Å². The molecule has 1 atom stereocenters. The summed E-state index contributed by atoms with van der Waals surface area (Å²) < 4.78 is 2.42. The van der Waals surface area contributed by atoms with Crippen LogP contribution in [0.4, 0.5) is 17.1 Å². The molecule has 0 saturated carbocycles. The van der Waals surface area contributed by atoms with Crippen molar-refractivity contribution in [1.29, 1.82) is 0 Å². The van der Waals surface area contributed by atoms with Gasteiger partial charge in [0.1, 0.15) is 0 Å². The Bertz CT molecular complexity index is 2910. The van der Waals surface area contributed by atoms with E-state index in [2.05, 4.69) is 235 Å². The number of anilines is 3. The third-order valence-electron chi connectivity index (χ3n) is 11.3. The van der Waals surface area contributed by atoms with Crippen molar-refractivity contribution >= 4 is 44.4 Å². The van der Waals surface area contributed by atoms with Gasteiger partial charge in [0, 0.05) is 33.5 Å². The average molecular weight is 731 g/mol. The van der Waals surface area contributed by atoms with Gasteiger partial charge in [-0.2, -0.15) is 0 Å². The molecule has 0 aliphatic heterocycles. The van der Waals surface area contributed by atoms with Crippen LogP contribution in [0.25, 0.3) is 66.4 Å². The number of hydrogen-bond acceptors (Lipinski definition) is 1. The third-order valence-corrected chi connectivity index (χ3v) is 11.3. The van der Waals surface area contributed by atoms with E-state index >= 15 is 0 Å². The topological polar surface area (TPSA) is 8.17 Å². The van der Waals surface area contributed by atoms with Crippen LogP contribution in [0.1, 0.15) is 18.9 Å². The third kappa shape index (κ3) is 6.66. The molecule has 1 aliphatic rings. The quantitative estimate of drug-likeness (QED) is 0.151. The lowest BCUT2D eigenvalue weighted by molar-refractivity contribution is 0.739. The minimum absolute atomic E-state index is 0.593. The minimum atomic E-state index is 0.593. The fourth-order valence-electron chi connectivity index (χ4n) is 8.34. The normalized spacial score (nSPS) is 13.8. The second-order valence-corrected chi connectivity index (χ2v) is 15.1. The molecular weight excluding hydrogens is 689 g/mol. The first-order valence-corrected chi connectivity index (χ1v) is 19.9. The SMILES string of the molecule is CC1C=CC(c2cccc(-n3c4ccccc4c4cc(-c5cccc(-c6ccc(N(c7ccccc7)c7ccc(-c8ccccc8)cc7)cc6)c5)ccc43)c2)=CC1. The molecule has 0 saturated heterocycles. The van der Waals surface area contributed by atoms with E-state index in [4.69, 9.17) is 0 Å². The molecule has 0 radical (unpaired) electrons. The predicted octanol–water partition coefficient (Wildman–Crippen LogP) is 15.2. The Balaban J connectivity index is 0.975. The Morgan fingerprint density at radius 1 is 0.421 bits per heavy atom. The average Bonchev–Trinajstić information content (AvgIpc) is 3.62. The lowest BCUT2D eigenvalue weighted by atomic mass is 9.94. The summed E-state index contributed by atoms with van der Waals surface area (Å²) in [6.45, 7) is 2.27. The van der Waals surface area contributed by atoms with Gasteiger partial charge in [-0.1, -0.05) is 153 Å². The lowest BCUT2D eigenvalue weighted by Gasteiger charge is -2.26. The molecule has 0 bridgehead atoms. The molecule has 1 unspecified atom stereocenters. The monoisotopic (exact) mass is 730 g/mol. The van der Waals surface area contributed by atoms with Gasteiger partial charge in [0.15, 0.2) is 0 Å². The number of rotatable bonds is 8. The van der Waals surface area contributed by atoms with Gasteiger partial charge in [0.25, 0.3) is 0 Å². The number of allylic oxidation sites excluding steroid dienone is 4. The summed E-state index contributed by atoms with van der Waals surface area (Å²) in [6.07, 6.45) is 8.05. The first-order chi connectivity index (χ1) is 28.2. The van der Waals surface area contributed by atoms with Crippen LogP contribution >= 0.6 is 0 Å². The van der Waals surface area contributed by atoms with Gasteiger partial charge in [-0.25, -0.2) is 0 Å². The van der Waals surface area contributed by atoms with Gasteiger partial charge in [0.2, 0.25) is 0 Å². The second kappa shape index (κ2) is 14.8. The van der Waals surface area contributed by atoms with Gasteiger partial charge >= 0.3 is 0 Å². The van der Waals surface area contributed by atoms with Gasteiger partial charge in [-0.05, 0) is 130 Å². The summed E-state index contributed by atoms with van der Waals surface area (Å²) in [5, 5.41) is 2.52. The van der Waals surface area contributed by atoms with E-state index in [9.17, 15) is 0 Å². The van der Waals surface area contributed by atoms with Crippen LogP contribution in [0.15, 0.2) is 218 Å². The first kappa shape index (κ1) is 34.3. The number of aromatic nitrogens is 1. The zero-order chi connectivity index (χ0) is 38.1. The van der Waals surface area contributed by atoms with Gasteiger partial charge < -0.3 is 9.47 Å². The molecule has 57 heavy (non-hydrogen) atoms. The Morgan fingerprint density at radius 3 is 1.67 bits per heavy atom. The van der Waals surface area contributed by atoms with E-state index < -0.39 is 0 Å². The van der Waals surface area contributed by atoms with E-state index in [-0.39, 0.29) is 0 Å². The molecule has 0 spiro atoms. The van der Waals surface area contributed by atoms with Crippen LogP contribution in [0.5, 0.6) is 0 Å². The van der Waals surface area contributed by atoms with Crippen molar-refractivity contribution in [2.45, 2.75) is 13.3 Å². The van der Waals surface area contributed by atoms with Crippen molar-refractivity contribution in [1.82, 2.24) is 4.57 Å². The molecule has 0 fully saturated rings. The summed E-state index contributed by atoms with van der Waals surface area (Å²) in [6, 6.07) is 72.6. The highest BCUT2D eigenvalue weighted by Gasteiger charge is 2.16. The largest absolute Gasteiger partial charge is 0.311 e. The summed E-state index contributed by atoms with van der Waals surface area (Å²) in [7, 11) is 0. The molecule has 10 rings (SSSR count). The van der Waals surface area contributed by atoms with Crippen LogP contribution in [-0.2, 0) is 0 Å². The molecule has 2 nitrogen and oxygen atoms in total. The van der Waals surface area contributed by atoms with Crippen LogP contribution in [-0.4, -0.2) is 4.57 Å². The Labute approximate surface area is 334 Å². The summed E-state index contributed by atoms with van der Waals surface area (Å²) in [5.41, 5.74) is 16.7. The highest BCUT2D eigenvalue weighted by Crippen LogP contribution is 2.39. The number of hydrogen-bond donors (Lipinski definition) is 0. The molecule has 1 heterocycles. The molecular formula is C55H42N2. The van der Waals surface area contributed by atoms with E-state index in [0.29, 0.717) is 5.92 Å². The van der Waals surface area contributed by atoms with Gasteiger partial charge in [-0.15, -0.1) is 0 Å². The molecule has 1 aromatic heterocycles. The maximum atomic E-state index is 2.42. The zero-order valence-corrected chi connectivity index (χ0v) is 32.0. The number of benzene rings is 8. The summed E-state index contributed by atoms with van der Waals surface area (Å²) >= 11 is 0. The second-order valence-electron chi connectivity index (χ2n) is 15.1. The van der Waals surface area contributed by atoms with E-state index in [1.54, 1.807) is 0 Å². The van der Waals surface area contributed by atoms with Gasteiger partial charge in [-0.3, -0.25) is 0 Å². The molecule has 0 amide bonds. The summed E-state index contributed by atoms with van der Waals surface area (Å²) in [4.78, 5) is 2.32. The Morgan fingerprint density at radius 2 is 0.947 bits per heavy atom. The maximum absolute atomic E-state index is 2.42. The smallest absolute Gasteiger partial charge is 0.0541 e. The summed E-state index contributed by atoms with van der Waals surface area (Å²) in [5.74, 6) is 0.593. The highest BCUT2D eigenvalue weighted by atomic mass is 15.1. The number of para-hydroxylation sites is 2. The molecule has 9 aromatic rings. The minimum Gasteiger partial charge on any atom is -0.311 e. The fraction of sp³-hybridized carbons (Fsp3) is 0.0545. The highest BCUT2D eigenvalue weighted by molar-refractivity contribution is 6.10. The van der Waals surface area contributed by atoms with Crippen molar-refractivity contribution in [3.05, 3.63) is 224 Å². The van der Waals surface area contributed by atoms with Crippen LogP contribution in [0.2, 0.25) is 0 Å². The van der Waals surface area contributed by atoms with Crippen LogP contribution < -0.4 is 4.90 Å². The number of fused-ring (bicyclic) bond motifs is 3. The fourth-order valence-corrected chi connectivity index (χ4v) is 8.34. The Kier molecular flexibility index (Phi) is 8.93. The molecule has 2 heteroatoms. The first-order valence-electron chi connectivity index (χ1n) is 19.9. The standard InChI is InChI=1S/C55H42N2/c1-39-22-24-42(25-23-39)46-16-11-19-51(37-46)57-54-21-9-8-20-52(54)53-38-47(30-35-55(53)57)45-15-10-14-44(36-45)43-28-33-50(34-29-43)56(48-17-6-3-7-18-48)49-31-26-41(27-32-49)40-12-4-2-5-13-40/h2-22,24-39H,23H2,1H3. The molecule has 8 aromatic carbocycles. The van der Waals surface area contributed by atoms with E-state index in [0.717, 1.165) is 23.5 Å². The van der Waals surface area contributed by atoms with Crippen molar-refractivity contribution in [2.75, 3.05) is 4.90 Å². The zero-order valence-electron chi connectivity index (χ0n) is 32.0. The van der Waals surface area contributed by atoms with Gasteiger partial charge in [0.05, 0.1) is 11.0 Å². The van der Waals surface area contributed by atoms with Crippen molar-refractivity contribution in [2.24, 2.45) is 5.92 Å². The lowest BCUT2D eigenvalue weighted by Crippen LogP contribution is -2.09. The predicted molar refractivity (Wildman–Crippen MR) is 243 cm³/mol. The van der Waals surface area contributed by atoms with Crippen molar-refractivity contribution in [3.8, 4) is 39.1 Å². The van der Waals surface area contributed by atoms with Crippen molar-refractivity contribution in [3.63, 3.8) is 0 Å². The van der Waals surface area contributed by atoms with Crippen LogP contribution in [0, 0.1) is 5.92 Å². The molecule has 1 aliphatic carbocycles. The van der Waals surface area contributed by atoms with E-state index in [1.807, 2.05) is 0 Å². The Hall–Kier alpha value is -7.16. The maximum Gasteiger partial charge on any atom is 0.0541 e. The van der Waals surface area contributed by atoms with E-state index in [1.165, 1.54) is 72.0 Å². The number of nitrogens with zero attached hydrogens (tertiary/aromatic N) is 2. The molecule has 0 N–H and O–H groups in total.